The van der Waals surface area contributed by atoms with E-state index in [1.165, 1.54) is 17.3 Å². The van der Waals surface area contributed by atoms with Crippen molar-refractivity contribution in [2.75, 3.05) is 4.90 Å². The van der Waals surface area contributed by atoms with Crippen molar-refractivity contribution in [2.24, 2.45) is 0 Å². The first-order valence-electron chi connectivity index (χ1n) is 10.5. The van der Waals surface area contributed by atoms with E-state index in [0.29, 0.717) is 16.1 Å². The molecule has 0 N–H and O–H groups in total. The van der Waals surface area contributed by atoms with Crippen molar-refractivity contribution < 1.29 is 4.79 Å². The Morgan fingerprint density at radius 3 is 2.63 bits per heavy atom. The van der Waals surface area contributed by atoms with Crippen LogP contribution in [0.15, 0.2) is 58.5 Å². The van der Waals surface area contributed by atoms with Crippen molar-refractivity contribution in [3.8, 4) is 0 Å². The molecule has 0 saturated heterocycles. The number of anilines is 1. The Labute approximate surface area is 181 Å². The zero-order valence-electron chi connectivity index (χ0n) is 17.8. The number of benzene rings is 2. The van der Waals surface area contributed by atoms with E-state index in [9.17, 15) is 9.59 Å². The Balaban J connectivity index is 1.70. The zero-order valence-corrected chi connectivity index (χ0v) is 18.6. The average Bonchev–Trinajstić information content (AvgIpc) is 3.08. The maximum absolute atomic E-state index is 13.4. The summed E-state index contributed by atoms with van der Waals surface area (Å²) in [6.45, 7) is 8.06. The molecule has 0 spiro atoms. The van der Waals surface area contributed by atoms with Crippen molar-refractivity contribution in [1.29, 1.82) is 0 Å². The van der Waals surface area contributed by atoms with Gasteiger partial charge in [0, 0.05) is 17.8 Å². The van der Waals surface area contributed by atoms with Crippen LogP contribution in [-0.4, -0.2) is 26.8 Å². The summed E-state index contributed by atoms with van der Waals surface area (Å²) in [6.07, 6.45) is 1.68. The van der Waals surface area contributed by atoms with Crippen LogP contribution in [0.3, 0.4) is 0 Å². The van der Waals surface area contributed by atoms with Crippen molar-refractivity contribution in [3.05, 3.63) is 64.4 Å². The average molecular weight is 422 g/mol. The second kappa shape index (κ2) is 8.26. The van der Waals surface area contributed by atoms with Crippen LogP contribution in [-0.2, 0) is 11.2 Å². The van der Waals surface area contributed by atoms with Crippen LogP contribution in [0.2, 0.25) is 0 Å². The molecule has 0 saturated carbocycles. The largest absolute Gasteiger partial charge is 0.308 e. The van der Waals surface area contributed by atoms with Crippen LogP contribution >= 0.6 is 11.8 Å². The minimum atomic E-state index is -0.359. The van der Waals surface area contributed by atoms with E-state index in [-0.39, 0.29) is 28.8 Å². The maximum atomic E-state index is 13.4. The first-order valence-corrected chi connectivity index (χ1v) is 11.4. The van der Waals surface area contributed by atoms with E-state index in [1.807, 2.05) is 61.2 Å². The Hall–Kier alpha value is -2.60. The quantitative estimate of drug-likeness (QED) is 0.438. The number of amides is 1. The lowest BCUT2D eigenvalue weighted by molar-refractivity contribution is -0.118. The van der Waals surface area contributed by atoms with E-state index in [2.05, 4.69) is 19.9 Å². The molecule has 0 aliphatic carbocycles. The molecule has 5 nitrogen and oxygen atoms in total. The highest BCUT2D eigenvalue weighted by molar-refractivity contribution is 8.00. The van der Waals surface area contributed by atoms with Crippen LogP contribution in [0.4, 0.5) is 5.69 Å². The Morgan fingerprint density at radius 1 is 1.17 bits per heavy atom. The molecule has 0 radical (unpaired) electrons. The summed E-state index contributed by atoms with van der Waals surface area (Å²) in [5.41, 5.74) is 2.82. The van der Waals surface area contributed by atoms with Gasteiger partial charge < -0.3 is 4.90 Å². The van der Waals surface area contributed by atoms with Crippen LogP contribution in [0.25, 0.3) is 10.9 Å². The minimum Gasteiger partial charge on any atom is -0.308 e. The number of carbonyl (C=O) groups excluding carboxylic acids is 1. The first kappa shape index (κ1) is 20.7. The number of aromatic nitrogens is 2. The Bertz CT molecular complexity index is 1160. The molecule has 1 amide bonds. The van der Waals surface area contributed by atoms with Gasteiger partial charge in [0.15, 0.2) is 5.16 Å². The van der Waals surface area contributed by atoms with Crippen LogP contribution < -0.4 is 10.5 Å². The molecule has 156 valence electrons. The van der Waals surface area contributed by atoms with Gasteiger partial charge in [0.1, 0.15) is 0 Å². The molecule has 3 atom stereocenters. The topological polar surface area (TPSA) is 55.2 Å². The van der Waals surface area contributed by atoms with E-state index in [0.717, 1.165) is 18.5 Å². The summed E-state index contributed by atoms with van der Waals surface area (Å²) < 4.78 is 1.75. The van der Waals surface area contributed by atoms with Gasteiger partial charge in [-0.15, -0.1) is 0 Å². The zero-order chi connectivity index (χ0) is 21.4. The molecule has 2 heterocycles. The fraction of sp³-hybridized carbons (Fsp3) is 0.375. The van der Waals surface area contributed by atoms with Gasteiger partial charge in [-0.25, -0.2) is 4.98 Å². The molecule has 0 unspecified atom stereocenters. The highest BCUT2D eigenvalue weighted by atomic mass is 32.2. The van der Waals surface area contributed by atoms with Crippen molar-refractivity contribution in [3.63, 3.8) is 0 Å². The number of hydrogen-bond donors (Lipinski definition) is 0. The SMILES string of the molecule is CC[C@@H](C)n1c(S[C@@H](C)C(=O)N2c3ccccc3C[C@@H]2C)nc2ccccc2c1=O. The lowest BCUT2D eigenvalue weighted by Gasteiger charge is -2.26. The van der Waals surface area contributed by atoms with Gasteiger partial charge in [-0.05, 0) is 57.4 Å². The number of thioether (sulfide) groups is 1. The number of fused-ring (bicyclic) bond motifs is 2. The predicted octanol–water partition coefficient (Wildman–Crippen LogP) is 4.83. The normalized spacial score (nSPS) is 17.7. The summed E-state index contributed by atoms with van der Waals surface area (Å²) in [4.78, 5) is 33.3. The highest BCUT2D eigenvalue weighted by Gasteiger charge is 2.34. The molecule has 3 aromatic rings. The third-order valence-electron chi connectivity index (χ3n) is 5.88. The molecule has 0 bridgehead atoms. The molecular weight excluding hydrogens is 394 g/mol. The van der Waals surface area contributed by atoms with Gasteiger partial charge in [0.25, 0.3) is 5.56 Å². The number of rotatable bonds is 5. The van der Waals surface area contributed by atoms with Gasteiger partial charge in [0.2, 0.25) is 5.91 Å². The summed E-state index contributed by atoms with van der Waals surface area (Å²) in [5, 5.41) is 0.860. The van der Waals surface area contributed by atoms with Gasteiger partial charge in [-0.3, -0.25) is 14.2 Å². The Morgan fingerprint density at radius 2 is 1.87 bits per heavy atom. The van der Waals surface area contributed by atoms with Crippen LogP contribution in [0.5, 0.6) is 0 Å². The van der Waals surface area contributed by atoms with Crippen LogP contribution in [0, 0.1) is 0 Å². The standard InChI is InChI=1S/C24H27N3O2S/c1-5-15(2)27-23(29)19-11-7-8-12-20(19)25-24(27)30-17(4)22(28)26-16(3)14-18-10-6-9-13-21(18)26/h6-13,15-17H,5,14H2,1-4H3/t15-,16+,17+/m1/s1. The highest BCUT2D eigenvalue weighted by Crippen LogP contribution is 2.35. The Kier molecular flexibility index (Phi) is 5.69. The number of hydrogen-bond acceptors (Lipinski definition) is 4. The van der Waals surface area contributed by atoms with Gasteiger partial charge in [-0.1, -0.05) is 49.0 Å². The second-order valence-electron chi connectivity index (χ2n) is 7.99. The second-order valence-corrected chi connectivity index (χ2v) is 9.30. The molecule has 2 aromatic carbocycles. The smallest absolute Gasteiger partial charge is 0.262 e. The molecule has 30 heavy (non-hydrogen) atoms. The predicted molar refractivity (Wildman–Crippen MR) is 123 cm³/mol. The number of para-hydroxylation sites is 2. The number of carbonyl (C=O) groups is 1. The molecule has 4 rings (SSSR count). The van der Waals surface area contributed by atoms with E-state index < -0.39 is 0 Å². The molecule has 1 aromatic heterocycles. The molecular formula is C24H27N3O2S. The lowest BCUT2D eigenvalue weighted by atomic mass is 10.1. The summed E-state index contributed by atoms with van der Waals surface area (Å²) >= 11 is 1.38. The molecule has 1 aliphatic heterocycles. The van der Waals surface area contributed by atoms with Crippen molar-refractivity contribution in [2.45, 2.75) is 63.0 Å². The van der Waals surface area contributed by atoms with E-state index in [4.69, 9.17) is 4.98 Å². The fourth-order valence-electron chi connectivity index (χ4n) is 4.09. The van der Waals surface area contributed by atoms with Gasteiger partial charge in [-0.2, -0.15) is 0 Å². The fourth-order valence-corrected chi connectivity index (χ4v) is 5.14. The molecule has 6 heteroatoms. The summed E-state index contributed by atoms with van der Waals surface area (Å²) in [6, 6.07) is 15.6. The maximum Gasteiger partial charge on any atom is 0.262 e. The van der Waals surface area contributed by atoms with Crippen molar-refractivity contribution in [1.82, 2.24) is 9.55 Å². The third-order valence-corrected chi connectivity index (χ3v) is 6.94. The minimum absolute atomic E-state index is 0.00541. The summed E-state index contributed by atoms with van der Waals surface area (Å²) in [5.74, 6) is 0.0514. The number of nitrogens with zero attached hydrogens (tertiary/aromatic N) is 3. The monoisotopic (exact) mass is 421 g/mol. The van der Waals surface area contributed by atoms with Crippen molar-refractivity contribution >= 4 is 34.3 Å². The van der Waals surface area contributed by atoms with Gasteiger partial charge in [0.05, 0.1) is 16.2 Å². The molecule has 1 aliphatic rings. The van der Waals surface area contributed by atoms with E-state index in [1.54, 1.807) is 4.57 Å². The molecule has 0 fully saturated rings. The summed E-state index contributed by atoms with van der Waals surface area (Å²) in [7, 11) is 0. The first-order chi connectivity index (χ1) is 14.4. The van der Waals surface area contributed by atoms with Gasteiger partial charge >= 0.3 is 0 Å². The van der Waals surface area contributed by atoms with E-state index >= 15 is 0 Å². The third kappa shape index (κ3) is 3.54. The van der Waals surface area contributed by atoms with Crippen LogP contribution in [0.1, 0.15) is 45.7 Å². The lowest BCUT2D eigenvalue weighted by Crippen LogP contribution is -2.40.